The molecule has 1 saturated heterocycles. The van der Waals surface area contributed by atoms with Crippen molar-refractivity contribution in [2.24, 2.45) is 0 Å². The van der Waals surface area contributed by atoms with E-state index in [0.717, 1.165) is 31.7 Å². The van der Waals surface area contributed by atoms with Gasteiger partial charge in [-0.25, -0.2) is 0 Å². The van der Waals surface area contributed by atoms with E-state index in [4.69, 9.17) is 16.3 Å². The van der Waals surface area contributed by atoms with E-state index in [0.29, 0.717) is 10.8 Å². The molecule has 3 rings (SSSR count). The molecule has 1 fully saturated rings. The number of piperazine rings is 1. The highest BCUT2D eigenvalue weighted by atomic mass is 35.5. The van der Waals surface area contributed by atoms with Crippen LogP contribution in [0.4, 0.5) is 5.69 Å². The predicted molar refractivity (Wildman–Crippen MR) is 96.9 cm³/mol. The molecule has 0 atom stereocenters. The zero-order chi connectivity index (χ0) is 16.9. The molecule has 0 bridgehead atoms. The number of halogens is 1. The number of nitrogens with zero attached hydrogens (tertiary/aromatic N) is 2. The van der Waals surface area contributed by atoms with Crippen molar-refractivity contribution in [1.29, 1.82) is 0 Å². The van der Waals surface area contributed by atoms with Crippen LogP contribution in [0.1, 0.15) is 5.56 Å². The van der Waals surface area contributed by atoms with Crippen LogP contribution in [-0.2, 0) is 4.79 Å². The van der Waals surface area contributed by atoms with Gasteiger partial charge in [-0.05, 0) is 42.8 Å². The number of ether oxygens (including phenoxy) is 1. The highest BCUT2D eigenvalue weighted by Crippen LogP contribution is 2.21. The molecular weight excluding hydrogens is 324 g/mol. The van der Waals surface area contributed by atoms with Crippen molar-refractivity contribution in [2.45, 2.75) is 6.92 Å². The maximum Gasteiger partial charge on any atom is 0.260 e. The summed E-state index contributed by atoms with van der Waals surface area (Å²) in [5.74, 6) is 0.698. The smallest absolute Gasteiger partial charge is 0.260 e. The summed E-state index contributed by atoms with van der Waals surface area (Å²) < 4.78 is 5.60. The van der Waals surface area contributed by atoms with Gasteiger partial charge in [0.05, 0.1) is 0 Å². The molecule has 5 heteroatoms. The van der Waals surface area contributed by atoms with Gasteiger partial charge in [0.15, 0.2) is 6.61 Å². The maximum atomic E-state index is 12.3. The van der Waals surface area contributed by atoms with Gasteiger partial charge in [0.1, 0.15) is 5.75 Å². The fraction of sp³-hybridized carbons (Fsp3) is 0.316. The van der Waals surface area contributed by atoms with E-state index >= 15 is 0 Å². The zero-order valence-corrected chi connectivity index (χ0v) is 14.5. The lowest BCUT2D eigenvalue weighted by Crippen LogP contribution is -2.50. The Morgan fingerprint density at radius 1 is 1.08 bits per heavy atom. The molecule has 0 N–H and O–H groups in total. The lowest BCUT2D eigenvalue weighted by molar-refractivity contribution is -0.133. The quantitative estimate of drug-likeness (QED) is 0.852. The summed E-state index contributed by atoms with van der Waals surface area (Å²) in [4.78, 5) is 16.5. The van der Waals surface area contributed by atoms with E-state index in [-0.39, 0.29) is 12.5 Å². The lowest BCUT2D eigenvalue weighted by Gasteiger charge is -2.36. The van der Waals surface area contributed by atoms with Crippen molar-refractivity contribution in [2.75, 3.05) is 37.7 Å². The molecule has 4 nitrogen and oxygen atoms in total. The maximum absolute atomic E-state index is 12.3. The van der Waals surface area contributed by atoms with Crippen LogP contribution in [0.15, 0.2) is 48.5 Å². The van der Waals surface area contributed by atoms with Crippen molar-refractivity contribution in [3.8, 4) is 5.75 Å². The van der Waals surface area contributed by atoms with Crippen molar-refractivity contribution < 1.29 is 9.53 Å². The normalized spacial score (nSPS) is 14.6. The van der Waals surface area contributed by atoms with Crippen molar-refractivity contribution >= 4 is 23.2 Å². The van der Waals surface area contributed by atoms with Crippen LogP contribution in [0.5, 0.6) is 5.75 Å². The van der Waals surface area contributed by atoms with Crippen LogP contribution < -0.4 is 9.64 Å². The van der Waals surface area contributed by atoms with E-state index < -0.39 is 0 Å². The van der Waals surface area contributed by atoms with Crippen molar-refractivity contribution in [3.05, 3.63) is 59.1 Å². The van der Waals surface area contributed by atoms with Gasteiger partial charge in [0.2, 0.25) is 0 Å². The predicted octanol–water partition coefficient (Wildman–Crippen LogP) is 3.38. The van der Waals surface area contributed by atoms with E-state index in [1.165, 1.54) is 5.69 Å². The van der Waals surface area contributed by atoms with Gasteiger partial charge in [-0.3, -0.25) is 4.79 Å². The Morgan fingerprint density at radius 2 is 1.79 bits per heavy atom. The van der Waals surface area contributed by atoms with Crippen molar-refractivity contribution in [3.63, 3.8) is 0 Å². The third-order valence-electron chi connectivity index (χ3n) is 4.25. The number of amides is 1. The number of carbonyl (C=O) groups is 1. The van der Waals surface area contributed by atoms with Gasteiger partial charge < -0.3 is 14.5 Å². The number of hydrogen-bond acceptors (Lipinski definition) is 3. The summed E-state index contributed by atoms with van der Waals surface area (Å²) in [6, 6.07) is 15.7. The minimum Gasteiger partial charge on any atom is -0.484 e. The Labute approximate surface area is 147 Å². The van der Waals surface area contributed by atoms with Gasteiger partial charge in [0, 0.05) is 36.9 Å². The summed E-state index contributed by atoms with van der Waals surface area (Å²) in [5, 5.41) is 0.700. The third-order valence-corrected chi connectivity index (χ3v) is 4.67. The number of carbonyl (C=O) groups excluding carboxylic acids is 1. The number of para-hydroxylation sites is 1. The Kier molecular flexibility index (Phi) is 5.26. The SMILES string of the molecule is Cc1cc(OCC(=O)N2CCN(c3ccccc3)CC2)ccc1Cl. The van der Waals surface area contributed by atoms with Crippen LogP contribution >= 0.6 is 11.6 Å². The second-order valence-corrected chi connectivity index (χ2v) is 6.31. The van der Waals surface area contributed by atoms with Gasteiger partial charge in [-0.15, -0.1) is 0 Å². The minimum absolute atomic E-state index is 0.0234. The summed E-state index contributed by atoms with van der Waals surface area (Å²) in [7, 11) is 0. The topological polar surface area (TPSA) is 32.8 Å². The van der Waals surface area contributed by atoms with Gasteiger partial charge >= 0.3 is 0 Å². The van der Waals surface area contributed by atoms with Gasteiger partial charge in [-0.2, -0.15) is 0 Å². The molecule has 0 aliphatic carbocycles. The molecule has 2 aromatic rings. The number of hydrogen-bond donors (Lipinski definition) is 0. The van der Waals surface area contributed by atoms with Gasteiger partial charge in [0.25, 0.3) is 5.91 Å². The summed E-state index contributed by atoms with van der Waals surface area (Å²) in [6.45, 7) is 5.10. The Balaban J connectivity index is 1.49. The average molecular weight is 345 g/mol. The van der Waals surface area contributed by atoms with Crippen molar-refractivity contribution in [1.82, 2.24) is 4.90 Å². The van der Waals surface area contributed by atoms with E-state index in [1.807, 2.05) is 36.1 Å². The summed E-state index contributed by atoms with van der Waals surface area (Å²) in [6.07, 6.45) is 0. The average Bonchev–Trinajstić information content (AvgIpc) is 2.63. The third kappa shape index (κ3) is 4.01. The minimum atomic E-state index is 0.0234. The molecule has 126 valence electrons. The fourth-order valence-corrected chi connectivity index (χ4v) is 2.91. The first-order valence-electron chi connectivity index (χ1n) is 8.10. The van der Waals surface area contributed by atoms with Crippen LogP contribution in [0.3, 0.4) is 0 Å². The van der Waals surface area contributed by atoms with E-state index in [2.05, 4.69) is 17.0 Å². The molecule has 1 aliphatic rings. The molecule has 0 unspecified atom stereocenters. The number of aryl methyl sites for hydroxylation is 1. The van der Waals surface area contributed by atoms with Gasteiger partial charge in [-0.1, -0.05) is 29.8 Å². The monoisotopic (exact) mass is 344 g/mol. The lowest BCUT2D eigenvalue weighted by atomic mass is 10.2. The molecular formula is C19H21ClN2O2. The van der Waals surface area contributed by atoms with E-state index in [9.17, 15) is 4.79 Å². The standard InChI is InChI=1S/C19H21ClN2O2/c1-15-13-17(7-8-18(15)20)24-14-19(23)22-11-9-21(10-12-22)16-5-3-2-4-6-16/h2-8,13H,9-12,14H2,1H3. The Hall–Kier alpha value is -2.20. The highest BCUT2D eigenvalue weighted by Gasteiger charge is 2.21. The largest absolute Gasteiger partial charge is 0.484 e. The molecule has 2 aromatic carbocycles. The van der Waals surface area contributed by atoms with Crippen LogP contribution in [-0.4, -0.2) is 43.6 Å². The molecule has 1 aliphatic heterocycles. The molecule has 0 spiro atoms. The molecule has 0 saturated carbocycles. The molecule has 1 amide bonds. The first-order valence-corrected chi connectivity index (χ1v) is 8.48. The Morgan fingerprint density at radius 3 is 2.46 bits per heavy atom. The molecule has 0 aromatic heterocycles. The molecule has 0 radical (unpaired) electrons. The van der Waals surface area contributed by atoms with Crippen LogP contribution in [0.2, 0.25) is 5.02 Å². The van der Waals surface area contributed by atoms with Crippen LogP contribution in [0.25, 0.3) is 0 Å². The van der Waals surface area contributed by atoms with Crippen LogP contribution in [0, 0.1) is 6.92 Å². The van der Waals surface area contributed by atoms with E-state index in [1.54, 1.807) is 12.1 Å². The second-order valence-electron chi connectivity index (χ2n) is 5.90. The molecule has 24 heavy (non-hydrogen) atoms. The summed E-state index contributed by atoms with van der Waals surface area (Å²) >= 11 is 5.99. The fourth-order valence-electron chi connectivity index (χ4n) is 2.80. The first kappa shape index (κ1) is 16.7. The first-order chi connectivity index (χ1) is 11.6. The number of rotatable bonds is 4. The summed E-state index contributed by atoms with van der Waals surface area (Å²) in [5.41, 5.74) is 2.15. The molecule has 1 heterocycles. The zero-order valence-electron chi connectivity index (χ0n) is 13.7. The highest BCUT2D eigenvalue weighted by molar-refractivity contribution is 6.31. The Bertz CT molecular complexity index is 698. The number of benzene rings is 2. The second kappa shape index (κ2) is 7.58. The number of anilines is 1.